The highest BCUT2D eigenvalue weighted by atomic mass is 16.5. The normalized spacial score (nSPS) is 10.9. The third-order valence-corrected chi connectivity index (χ3v) is 3.31. The number of benzene rings is 2. The van der Waals surface area contributed by atoms with Crippen LogP contribution in [0.3, 0.4) is 0 Å². The van der Waals surface area contributed by atoms with Gasteiger partial charge in [0.1, 0.15) is 24.7 Å². The van der Waals surface area contributed by atoms with Gasteiger partial charge in [0.05, 0.1) is 0 Å². The van der Waals surface area contributed by atoms with E-state index in [9.17, 15) is 0 Å². The van der Waals surface area contributed by atoms with Crippen molar-refractivity contribution in [2.45, 2.75) is 6.92 Å². The second kappa shape index (κ2) is 8.64. The molecule has 0 aromatic heterocycles. The Morgan fingerprint density at radius 1 is 0.826 bits per heavy atom. The largest absolute Gasteiger partial charge is 0.490 e. The van der Waals surface area contributed by atoms with E-state index in [0.717, 1.165) is 17.1 Å². The Hall–Kier alpha value is -2.74. The van der Waals surface area contributed by atoms with Crippen molar-refractivity contribution in [1.82, 2.24) is 0 Å². The van der Waals surface area contributed by atoms with Crippen molar-refractivity contribution in [3.63, 3.8) is 0 Å². The number of rotatable bonds is 8. The fourth-order valence-corrected chi connectivity index (χ4v) is 2.12. The van der Waals surface area contributed by atoms with E-state index >= 15 is 0 Å². The summed E-state index contributed by atoms with van der Waals surface area (Å²) in [5.41, 5.74) is 3.50. The molecule has 0 amide bonds. The van der Waals surface area contributed by atoms with Gasteiger partial charge in [0, 0.05) is 0 Å². The minimum Gasteiger partial charge on any atom is -0.490 e. The first-order valence-electron chi connectivity index (χ1n) is 7.59. The van der Waals surface area contributed by atoms with Crippen molar-refractivity contribution < 1.29 is 9.47 Å². The molecule has 0 unspecified atom stereocenters. The molecule has 0 bridgehead atoms. The lowest BCUT2D eigenvalue weighted by Gasteiger charge is -2.06. The molecule has 0 radical (unpaired) electrons. The Morgan fingerprint density at radius 3 is 1.78 bits per heavy atom. The topological polar surface area (TPSA) is 18.5 Å². The zero-order chi connectivity index (χ0) is 16.5. The minimum atomic E-state index is 0.522. The predicted molar refractivity (Wildman–Crippen MR) is 97.8 cm³/mol. The molecule has 2 nitrogen and oxygen atoms in total. The van der Waals surface area contributed by atoms with Crippen molar-refractivity contribution in [1.29, 1.82) is 0 Å². The van der Waals surface area contributed by atoms with Gasteiger partial charge in [-0.15, -0.1) is 0 Å². The lowest BCUT2D eigenvalue weighted by Crippen LogP contribution is -1.92. The maximum absolute atomic E-state index is 5.50. The van der Waals surface area contributed by atoms with E-state index in [-0.39, 0.29) is 0 Å². The van der Waals surface area contributed by atoms with Crippen LogP contribution in [0.1, 0.15) is 18.1 Å². The monoisotopic (exact) mass is 306 g/mol. The molecular formula is C21H22O2. The summed E-state index contributed by atoms with van der Waals surface area (Å²) in [7, 11) is 0. The summed E-state index contributed by atoms with van der Waals surface area (Å²) < 4.78 is 11.0. The van der Waals surface area contributed by atoms with Gasteiger partial charge in [-0.3, -0.25) is 0 Å². The van der Waals surface area contributed by atoms with Crippen molar-refractivity contribution >= 4 is 11.6 Å². The van der Waals surface area contributed by atoms with Crippen LogP contribution in [0.15, 0.2) is 73.8 Å². The van der Waals surface area contributed by atoms with Gasteiger partial charge in [-0.2, -0.15) is 0 Å². The Labute approximate surface area is 138 Å². The van der Waals surface area contributed by atoms with Crippen LogP contribution in [0.5, 0.6) is 11.5 Å². The standard InChI is InChI=1S/C21H22O2/c1-4-14-22-20-10-6-18(7-11-20)16-17(3)19-8-12-21(13-9-19)23-15-5-2/h4-13,16H,1-2,14-15H2,3H3/b17-16+. The summed E-state index contributed by atoms with van der Waals surface area (Å²) in [5.74, 6) is 1.70. The molecule has 0 aliphatic heterocycles. The maximum atomic E-state index is 5.50. The summed E-state index contributed by atoms with van der Waals surface area (Å²) in [4.78, 5) is 0. The zero-order valence-corrected chi connectivity index (χ0v) is 13.5. The van der Waals surface area contributed by atoms with Crippen molar-refractivity contribution in [3.05, 3.63) is 85.0 Å². The van der Waals surface area contributed by atoms with Crippen LogP contribution in [0, 0.1) is 0 Å². The van der Waals surface area contributed by atoms with E-state index in [4.69, 9.17) is 9.47 Å². The van der Waals surface area contributed by atoms with Crippen molar-refractivity contribution in [2.24, 2.45) is 0 Å². The Morgan fingerprint density at radius 2 is 1.30 bits per heavy atom. The van der Waals surface area contributed by atoms with Crippen LogP contribution in [-0.2, 0) is 0 Å². The molecule has 0 saturated heterocycles. The van der Waals surface area contributed by atoms with Gasteiger partial charge in [0.25, 0.3) is 0 Å². The van der Waals surface area contributed by atoms with E-state index in [1.54, 1.807) is 12.2 Å². The first-order valence-corrected chi connectivity index (χ1v) is 7.59. The molecule has 0 atom stereocenters. The highest BCUT2D eigenvalue weighted by molar-refractivity contribution is 5.80. The summed E-state index contributed by atoms with van der Waals surface area (Å²) >= 11 is 0. The predicted octanol–water partition coefficient (Wildman–Crippen LogP) is 5.38. The van der Waals surface area contributed by atoms with Crippen molar-refractivity contribution in [3.8, 4) is 11.5 Å². The molecule has 0 saturated carbocycles. The van der Waals surface area contributed by atoms with Gasteiger partial charge in [0.15, 0.2) is 0 Å². The summed E-state index contributed by atoms with van der Waals surface area (Å²) in [6, 6.07) is 16.1. The number of allylic oxidation sites excluding steroid dienone is 1. The third-order valence-electron chi connectivity index (χ3n) is 3.31. The summed E-state index contributed by atoms with van der Waals surface area (Å²) in [6.07, 6.45) is 5.62. The molecular weight excluding hydrogens is 284 g/mol. The van der Waals surface area contributed by atoms with E-state index < -0.39 is 0 Å². The smallest absolute Gasteiger partial charge is 0.119 e. The van der Waals surface area contributed by atoms with E-state index in [2.05, 4.69) is 38.3 Å². The van der Waals surface area contributed by atoms with Crippen LogP contribution < -0.4 is 9.47 Å². The first kappa shape index (κ1) is 16.6. The quantitative estimate of drug-likeness (QED) is 0.482. The zero-order valence-electron chi connectivity index (χ0n) is 13.5. The molecule has 118 valence electrons. The highest BCUT2D eigenvalue weighted by Crippen LogP contribution is 2.22. The van der Waals surface area contributed by atoms with Crippen LogP contribution in [0.4, 0.5) is 0 Å². The second-order valence-electron chi connectivity index (χ2n) is 5.12. The van der Waals surface area contributed by atoms with Gasteiger partial charge < -0.3 is 9.47 Å². The molecule has 0 N–H and O–H groups in total. The molecule has 2 heteroatoms. The molecule has 0 aliphatic rings. The maximum Gasteiger partial charge on any atom is 0.119 e. The second-order valence-corrected chi connectivity index (χ2v) is 5.12. The molecule has 0 heterocycles. The number of hydrogen-bond acceptors (Lipinski definition) is 2. The van der Waals surface area contributed by atoms with E-state index in [0.29, 0.717) is 13.2 Å². The average molecular weight is 306 g/mol. The van der Waals surface area contributed by atoms with E-state index in [1.807, 2.05) is 36.4 Å². The average Bonchev–Trinajstić information content (AvgIpc) is 2.59. The Bertz CT molecular complexity index is 664. The van der Waals surface area contributed by atoms with Gasteiger partial charge >= 0.3 is 0 Å². The van der Waals surface area contributed by atoms with Gasteiger partial charge in [-0.05, 0) is 47.9 Å². The molecule has 0 fully saturated rings. The van der Waals surface area contributed by atoms with Crippen LogP contribution in [0.25, 0.3) is 11.6 Å². The van der Waals surface area contributed by atoms with Crippen LogP contribution in [0.2, 0.25) is 0 Å². The third kappa shape index (κ3) is 5.19. The molecule has 0 aliphatic carbocycles. The SMILES string of the molecule is C=CCOc1ccc(/C=C(\C)c2ccc(OCC=C)cc2)cc1. The van der Waals surface area contributed by atoms with E-state index in [1.165, 1.54) is 11.1 Å². The first-order chi connectivity index (χ1) is 11.2. The van der Waals surface area contributed by atoms with Crippen LogP contribution in [-0.4, -0.2) is 13.2 Å². The lowest BCUT2D eigenvalue weighted by atomic mass is 10.0. The van der Waals surface area contributed by atoms with Crippen LogP contribution >= 0.6 is 0 Å². The number of hydrogen-bond donors (Lipinski definition) is 0. The van der Waals surface area contributed by atoms with Gasteiger partial charge in [0.2, 0.25) is 0 Å². The summed E-state index contributed by atoms with van der Waals surface area (Å²) in [5, 5.41) is 0. The lowest BCUT2D eigenvalue weighted by molar-refractivity contribution is 0.363. The fraction of sp³-hybridized carbons (Fsp3) is 0.143. The molecule has 0 spiro atoms. The molecule has 2 aromatic rings. The molecule has 23 heavy (non-hydrogen) atoms. The Balaban J connectivity index is 2.06. The molecule has 2 aromatic carbocycles. The fourth-order valence-electron chi connectivity index (χ4n) is 2.12. The van der Waals surface area contributed by atoms with Gasteiger partial charge in [-0.25, -0.2) is 0 Å². The molecule has 2 rings (SSSR count). The summed E-state index contributed by atoms with van der Waals surface area (Å²) in [6.45, 7) is 10.4. The van der Waals surface area contributed by atoms with Gasteiger partial charge in [-0.1, -0.05) is 55.7 Å². The van der Waals surface area contributed by atoms with Crippen molar-refractivity contribution in [2.75, 3.05) is 13.2 Å². The number of ether oxygens (including phenoxy) is 2. The highest BCUT2D eigenvalue weighted by Gasteiger charge is 1.99. The Kier molecular flexibility index (Phi) is 6.25. The minimum absolute atomic E-state index is 0.522.